The summed E-state index contributed by atoms with van der Waals surface area (Å²) in [5.41, 5.74) is 3.72. The Morgan fingerprint density at radius 1 is 1.03 bits per heavy atom. The molecule has 0 bridgehead atoms. The summed E-state index contributed by atoms with van der Waals surface area (Å²) in [6, 6.07) is 16.3. The SMILES string of the molecule is Cc1nn(-c2ccccc2)c(C)c1NC(=O)CNc1cccc(S(=O)(=O)N2CCCC2)c1. The number of aryl methyl sites for hydroxylation is 1. The first kappa shape index (κ1) is 22.0. The number of hydrogen-bond acceptors (Lipinski definition) is 5. The van der Waals surface area contributed by atoms with Crippen LogP contribution in [0, 0.1) is 13.8 Å². The van der Waals surface area contributed by atoms with Crippen LogP contribution in [-0.4, -0.2) is 48.0 Å². The van der Waals surface area contributed by atoms with Gasteiger partial charge in [0.05, 0.1) is 34.2 Å². The summed E-state index contributed by atoms with van der Waals surface area (Å²) >= 11 is 0. The number of aromatic nitrogens is 2. The van der Waals surface area contributed by atoms with Crippen molar-refractivity contribution in [3.8, 4) is 5.69 Å². The minimum absolute atomic E-state index is 0.00259. The van der Waals surface area contributed by atoms with Gasteiger partial charge in [-0.2, -0.15) is 9.40 Å². The molecule has 32 heavy (non-hydrogen) atoms. The standard InChI is InChI=1S/C23H27N5O3S/c1-17-23(18(2)28(26-17)20-10-4-3-5-11-20)25-22(29)16-24-19-9-8-12-21(15-19)32(30,31)27-13-6-7-14-27/h3-5,8-12,15,24H,6-7,13-14,16H2,1-2H3,(H,25,29). The van der Waals surface area contributed by atoms with Crippen LogP contribution in [0.25, 0.3) is 5.69 Å². The Bertz CT molecular complexity index is 1220. The molecule has 2 aromatic carbocycles. The number of carbonyl (C=O) groups excluding carboxylic acids is 1. The molecule has 2 heterocycles. The average Bonchev–Trinajstić information content (AvgIpc) is 3.44. The van der Waals surface area contributed by atoms with Crippen LogP contribution in [0.5, 0.6) is 0 Å². The number of nitrogens with zero attached hydrogens (tertiary/aromatic N) is 3. The highest BCUT2D eigenvalue weighted by molar-refractivity contribution is 7.89. The maximum atomic E-state index is 12.8. The summed E-state index contributed by atoms with van der Waals surface area (Å²) in [5.74, 6) is -0.239. The molecule has 168 valence electrons. The van der Waals surface area contributed by atoms with Gasteiger partial charge in [-0.3, -0.25) is 4.79 Å². The third kappa shape index (κ3) is 4.53. The fraction of sp³-hybridized carbons (Fsp3) is 0.304. The molecule has 0 aliphatic carbocycles. The van der Waals surface area contributed by atoms with Gasteiger partial charge in [-0.05, 0) is 57.0 Å². The molecule has 0 unspecified atom stereocenters. The second kappa shape index (κ2) is 9.13. The third-order valence-electron chi connectivity index (χ3n) is 5.55. The van der Waals surface area contributed by atoms with Crippen molar-refractivity contribution in [3.63, 3.8) is 0 Å². The number of anilines is 2. The Hall–Kier alpha value is -3.17. The first-order valence-corrected chi connectivity index (χ1v) is 12.1. The van der Waals surface area contributed by atoms with Crippen LogP contribution in [0.4, 0.5) is 11.4 Å². The molecule has 3 aromatic rings. The Balaban J connectivity index is 1.43. The summed E-state index contributed by atoms with van der Waals surface area (Å²) in [6.45, 7) is 4.86. The molecule has 0 atom stereocenters. The lowest BCUT2D eigenvalue weighted by molar-refractivity contribution is -0.114. The molecule has 1 saturated heterocycles. The van der Waals surface area contributed by atoms with Crippen LogP contribution < -0.4 is 10.6 Å². The molecule has 1 aliphatic heterocycles. The van der Waals surface area contributed by atoms with E-state index in [-0.39, 0.29) is 17.3 Å². The van der Waals surface area contributed by atoms with E-state index >= 15 is 0 Å². The van der Waals surface area contributed by atoms with E-state index in [1.165, 1.54) is 4.31 Å². The number of hydrogen-bond donors (Lipinski definition) is 2. The molecular formula is C23H27N5O3S. The van der Waals surface area contributed by atoms with Crippen molar-refractivity contribution >= 4 is 27.3 Å². The van der Waals surface area contributed by atoms with Crippen molar-refractivity contribution in [1.29, 1.82) is 0 Å². The lowest BCUT2D eigenvalue weighted by Crippen LogP contribution is -2.28. The van der Waals surface area contributed by atoms with E-state index in [2.05, 4.69) is 15.7 Å². The molecule has 0 spiro atoms. The summed E-state index contributed by atoms with van der Waals surface area (Å²) in [5, 5.41) is 10.5. The molecule has 0 radical (unpaired) electrons. The summed E-state index contributed by atoms with van der Waals surface area (Å²) in [7, 11) is -3.50. The Labute approximate surface area is 188 Å². The first-order valence-electron chi connectivity index (χ1n) is 10.6. The average molecular weight is 454 g/mol. The van der Waals surface area contributed by atoms with E-state index in [1.54, 1.807) is 28.9 Å². The van der Waals surface area contributed by atoms with Crippen LogP contribution in [-0.2, 0) is 14.8 Å². The maximum Gasteiger partial charge on any atom is 0.243 e. The lowest BCUT2D eigenvalue weighted by atomic mass is 10.3. The summed E-state index contributed by atoms with van der Waals surface area (Å²) < 4.78 is 28.8. The molecule has 1 amide bonds. The number of carbonyl (C=O) groups is 1. The number of benzene rings is 2. The van der Waals surface area contributed by atoms with Crippen molar-refractivity contribution in [2.45, 2.75) is 31.6 Å². The zero-order chi connectivity index (χ0) is 22.7. The molecule has 9 heteroatoms. The van der Waals surface area contributed by atoms with Gasteiger partial charge in [-0.25, -0.2) is 13.1 Å². The van der Waals surface area contributed by atoms with Gasteiger partial charge in [0.25, 0.3) is 0 Å². The summed E-state index contributed by atoms with van der Waals surface area (Å²) in [4.78, 5) is 12.8. The van der Waals surface area contributed by atoms with Gasteiger partial charge >= 0.3 is 0 Å². The topological polar surface area (TPSA) is 96.3 Å². The van der Waals surface area contributed by atoms with E-state index in [0.29, 0.717) is 24.5 Å². The van der Waals surface area contributed by atoms with Crippen LogP contribution in [0.2, 0.25) is 0 Å². The largest absolute Gasteiger partial charge is 0.376 e. The first-order chi connectivity index (χ1) is 15.4. The number of rotatable bonds is 7. The van der Waals surface area contributed by atoms with Gasteiger partial charge in [0.1, 0.15) is 0 Å². The molecule has 8 nitrogen and oxygen atoms in total. The van der Waals surface area contributed by atoms with Gasteiger partial charge in [0, 0.05) is 18.8 Å². The fourth-order valence-electron chi connectivity index (χ4n) is 3.85. The van der Waals surface area contributed by atoms with Gasteiger partial charge in [-0.15, -0.1) is 0 Å². The van der Waals surface area contributed by atoms with E-state index in [9.17, 15) is 13.2 Å². The number of para-hydroxylation sites is 1. The van der Waals surface area contributed by atoms with Crippen molar-refractivity contribution in [3.05, 3.63) is 66.0 Å². The third-order valence-corrected chi connectivity index (χ3v) is 7.44. The van der Waals surface area contributed by atoms with E-state index in [1.807, 2.05) is 44.2 Å². The van der Waals surface area contributed by atoms with Crippen molar-refractivity contribution in [2.24, 2.45) is 0 Å². The minimum Gasteiger partial charge on any atom is -0.376 e. The molecule has 0 saturated carbocycles. The van der Waals surface area contributed by atoms with Crippen LogP contribution >= 0.6 is 0 Å². The van der Waals surface area contributed by atoms with E-state index in [0.717, 1.165) is 29.9 Å². The van der Waals surface area contributed by atoms with Gasteiger partial charge in [0.2, 0.25) is 15.9 Å². The highest BCUT2D eigenvalue weighted by Gasteiger charge is 2.27. The predicted octanol–water partition coefficient (Wildman–Crippen LogP) is 3.32. The Morgan fingerprint density at radius 3 is 2.47 bits per heavy atom. The highest BCUT2D eigenvalue weighted by atomic mass is 32.2. The van der Waals surface area contributed by atoms with Gasteiger partial charge < -0.3 is 10.6 Å². The molecule has 1 aliphatic rings. The molecule has 1 aromatic heterocycles. The highest BCUT2D eigenvalue weighted by Crippen LogP contribution is 2.24. The van der Waals surface area contributed by atoms with Crippen molar-refractivity contribution in [2.75, 3.05) is 30.3 Å². The Morgan fingerprint density at radius 2 is 1.75 bits per heavy atom. The zero-order valence-electron chi connectivity index (χ0n) is 18.2. The maximum absolute atomic E-state index is 12.8. The van der Waals surface area contributed by atoms with Crippen LogP contribution in [0.15, 0.2) is 59.5 Å². The van der Waals surface area contributed by atoms with E-state index in [4.69, 9.17) is 0 Å². The molecule has 4 rings (SSSR count). The lowest BCUT2D eigenvalue weighted by Gasteiger charge is -2.16. The Kier molecular flexibility index (Phi) is 6.29. The number of amides is 1. The molecule has 2 N–H and O–H groups in total. The van der Waals surface area contributed by atoms with Gasteiger partial charge in [-0.1, -0.05) is 24.3 Å². The van der Waals surface area contributed by atoms with Crippen LogP contribution in [0.1, 0.15) is 24.2 Å². The van der Waals surface area contributed by atoms with Gasteiger partial charge in [0.15, 0.2) is 0 Å². The number of nitrogens with one attached hydrogen (secondary N) is 2. The van der Waals surface area contributed by atoms with E-state index < -0.39 is 10.0 Å². The second-order valence-electron chi connectivity index (χ2n) is 7.83. The van der Waals surface area contributed by atoms with Crippen molar-refractivity contribution < 1.29 is 13.2 Å². The molecule has 1 fully saturated rings. The smallest absolute Gasteiger partial charge is 0.243 e. The monoisotopic (exact) mass is 453 g/mol. The summed E-state index contributed by atoms with van der Waals surface area (Å²) in [6.07, 6.45) is 1.77. The normalized spacial score (nSPS) is 14.4. The quantitative estimate of drug-likeness (QED) is 0.572. The van der Waals surface area contributed by atoms with Crippen LogP contribution in [0.3, 0.4) is 0 Å². The fourth-order valence-corrected chi connectivity index (χ4v) is 5.42. The zero-order valence-corrected chi connectivity index (χ0v) is 19.0. The minimum atomic E-state index is -3.50. The second-order valence-corrected chi connectivity index (χ2v) is 9.77. The number of sulfonamides is 1. The molecular weight excluding hydrogens is 426 g/mol. The van der Waals surface area contributed by atoms with Crippen molar-refractivity contribution in [1.82, 2.24) is 14.1 Å². The predicted molar refractivity (Wildman–Crippen MR) is 125 cm³/mol.